The van der Waals surface area contributed by atoms with E-state index < -0.39 is 11.8 Å². The van der Waals surface area contributed by atoms with Crippen molar-refractivity contribution < 1.29 is 9.59 Å². The zero-order valence-corrected chi connectivity index (χ0v) is 14.9. The number of amides is 2. The molecule has 6 heteroatoms. The third-order valence-electron chi connectivity index (χ3n) is 4.76. The molecule has 1 N–H and O–H groups in total. The van der Waals surface area contributed by atoms with Gasteiger partial charge in [-0.05, 0) is 29.9 Å². The highest BCUT2D eigenvalue weighted by Gasteiger charge is 2.33. The molecule has 0 saturated carbocycles. The molecule has 1 aliphatic heterocycles. The summed E-state index contributed by atoms with van der Waals surface area (Å²) in [5, 5.41) is 6.62. The van der Waals surface area contributed by atoms with Crippen LogP contribution in [0, 0.1) is 0 Å². The Balaban J connectivity index is 1.73. The van der Waals surface area contributed by atoms with Crippen molar-refractivity contribution in [2.45, 2.75) is 38.6 Å². The normalized spacial score (nSPS) is 17.1. The summed E-state index contributed by atoms with van der Waals surface area (Å²) < 4.78 is 1.53. The van der Waals surface area contributed by atoms with Crippen LogP contribution < -0.4 is 5.32 Å². The van der Waals surface area contributed by atoms with Crippen LogP contribution in [0.5, 0.6) is 0 Å². The number of nitrogens with one attached hydrogen (secondary N) is 1. The molecule has 0 aliphatic carbocycles. The van der Waals surface area contributed by atoms with Crippen LogP contribution in [0.1, 0.15) is 49.8 Å². The maximum absolute atomic E-state index is 12.6. The van der Waals surface area contributed by atoms with Crippen molar-refractivity contribution in [3.8, 4) is 0 Å². The minimum Gasteiger partial charge on any atom is -0.327 e. The lowest BCUT2D eigenvalue weighted by atomic mass is 9.98. The van der Waals surface area contributed by atoms with Gasteiger partial charge in [0.05, 0.1) is 12.2 Å². The summed E-state index contributed by atoms with van der Waals surface area (Å²) in [7, 11) is 1.72. The van der Waals surface area contributed by atoms with E-state index in [2.05, 4.69) is 48.5 Å². The van der Waals surface area contributed by atoms with Crippen LogP contribution in [-0.2, 0) is 16.6 Å². The summed E-state index contributed by atoms with van der Waals surface area (Å²) in [5.41, 5.74) is 2.36. The molecule has 2 heterocycles. The van der Waals surface area contributed by atoms with Gasteiger partial charge in [-0.3, -0.25) is 14.3 Å². The Labute approximate surface area is 147 Å². The first-order chi connectivity index (χ1) is 12.0. The van der Waals surface area contributed by atoms with Gasteiger partial charge >= 0.3 is 11.8 Å². The fourth-order valence-electron chi connectivity index (χ4n) is 3.26. The molecule has 2 amide bonds. The lowest BCUT2D eigenvalue weighted by molar-refractivity contribution is -0.143. The minimum atomic E-state index is -0.616. The SMILES string of the molecule is CC(C)c1ccc([C@@H]2CCCN2C(=O)C(=O)Nc2ccnn2C)cc1. The number of anilines is 1. The predicted octanol–water partition coefficient (Wildman–Crippen LogP) is 2.85. The third kappa shape index (κ3) is 3.57. The second-order valence-electron chi connectivity index (χ2n) is 6.77. The number of hydrogen-bond acceptors (Lipinski definition) is 3. The topological polar surface area (TPSA) is 67.2 Å². The number of rotatable bonds is 3. The van der Waals surface area contributed by atoms with E-state index in [1.54, 1.807) is 24.2 Å². The Bertz CT molecular complexity index is 764. The van der Waals surface area contributed by atoms with Gasteiger partial charge in [-0.2, -0.15) is 5.10 Å². The van der Waals surface area contributed by atoms with Crippen molar-refractivity contribution in [3.05, 3.63) is 47.7 Å². The molecule has 1 atom stereocenters. The molecule has 0 bridgehead atoms. The van der Waals surface area contributed by atoms with Gasteiger partial charge in [-0.25, -0.2) is 0 Å². The number of aromatic nitrogens is 2. The standard InChI is InChI=1S/C19H24N4O2/c1-13(2)14-6-8-15(9-7-14)16-5-4-12-23(16)19(25)18(24)21-17-10-11-20-22(17)3/h6-11,13,16H,4-5,12H2,1-3H3,(H,21,24)/t16-/m0/s1. The van der Waals surface area contributed by atoms with Crippen LogP contribution in [0.4, 0.5) is 5.82 Å². The van der Waals surface area contributed by atoms with Crippen molar-refractivity contribution in [1.82, 2.24) is 14.7 Å². The maximum atomic E-state index is 12.6. The Kier molecular flexibility index (Phi) is 4.88. The van der Waals surface area contributed by atoms with Gasteiger partial charge in [0.15, 0.2) is 0 Å². The van der Waals surface area contributed by atoms with Crippen LogP contribution in [-0.4, -0.2) is 33.0 Å². The molecule has 1 saturated heterocycles. The molecular formula is C19H24N4O2. The summed E-state index contributed by atoms with van der Waals surface area (Å²) >= 11 is 0. The lowest BCUT2D eigenvalue weighted by Crippen LogP contribution is -2.39. The molecule has 25 heavy (non-hydrogen) atoms. The smallest absolute Gasteiger partial charge is 0.315 e. The first kappa shape index (κ1) is 17.2. The Morgan fingerprint density at radius 1 is 1.20 bits per heavy atom. The molecule has 0 unspecified atom stereocenters. The number of likely N-dealkylation sites (tertiary alicyclic amines) is 1. The van der Waals surface area contributed by atoms with E-state index in [4.69, 9.17) is 0 Å². The highest BCUT2D eigenvalue weighted by molar-refractivity contribution is 6.39. The zero-order chi connectivity index (χ0) is 18.0. The van der Waals surface area contributed by atoms with E-state index in [0.29, 0.717) is 18.3 Å². The lowest BCUT2D eigenvalue weighted by Gasteiger charge is -2.24. The summed E-state index contributed by atoms with van der Waals surface area (Å²) in [6, 6.07) is 9.99. The Morgan fingerprint density at radius 3 is 2.52 bits per heavy atom. The quantitative estimate of drug-likeness (QED) is 0.874. The third-order valence-corrected chi connectivity index (χ3v) is 4.76. The summed E-state index contributed by atoms with van der Waals surface area (Å²) in [6.45, 7) is 4.92. The largest absolute Gasteiger partial charge is 0.327 e. The predicted molar refractivity (Wildman–Crippen MR) is 96.1 cm³/mol. The molecule has 132 valence electrons. The molecule has 1 aliphatic rings. The minimum absolute atomic E-state index is 0.0361. The number of nitrogens with zero attached hydrogens (tertiary/aromatic N) is 3. The van der Waals surface area contributed by atoms with Crippen LogP contribution in [0.25, 0.3) is 0 Å². The van der Waals surface area contributed by atoms with Crippen molar-refractivity contribution in [2.75, 3.05) is 11.9 Å². The monoisotopic (exact) mass is 340 g/mol. The Hall–Kier alpha value is -2.63. The van der Waals surface area contributed by atoms with Crippen LogP contribution in [0.15, 0.2) is 36.5 Å². The van der Waals surface area contributed by atoms with E-state index >= 15 is 0 Å². The van der Waals surface area contributed by atoms with Crippen molar-refractivity contribution in [1.29, 1.82) is 0 Å². The number of carbonyl (C=O) groups excluding carboxylic acids is 2. The molecular weight excluding hydrogens is 316 g/mol. The number of carbonyl (C=O) groups is 2. The second-order valence-corrected chi connectivity index (χ2v) is 6.77. The van der Waals surface area contributed by atoms with Gasteiger partial charge in [0.2, 0.25) is 0 Å². The van der Waals surface area contributed by atoms with E-state index in [0.717, 1.165) is 18.4 Å². The van der Waals surface area contributed by atoms with Crippen molar-refractivity contribution in [2.24, 2.45) is 7.05 Å². The number of hydrogen-bond donors (Lipinski definition) is 1. The molecule has 0 spiro atoms. The van der Waals surface area contributed by atoms with Gasteiger partial charge in [-0.15, -0.1) is 0 Å². The first-order valence-electron chi connectivity index (χ1n) is 8.67. The number of benzene rings is 1. The summed E-state index contributed by atoms with van der Waals surface area (Å²) in [5.74, 6) is -0.124. The molecule has 3 rings (SSSR count). The average Bonchev–Trinajstić information content (AvgIpc) is 3.24. The molecule has 2 aromatic rings. The second kappa shape index (κ2) is 7.09. The van der Waals surface area contributed by atoms with E-state index in [-0.39, 0.29) is 6.04 Å². The van der Waals surface area contributed by atoms with Crippen LogP contribution in [0.3, 0.4) is 0 Å². The van der Waals surface area contributed by atoms with Crippen molar-refractivity contribution >= 4 is 17.6 Å². The fourth-order valence-corrected chi connectivity index (χ4v) is 3.26. The number of aryl methyl sites for hydroxylation is 1. The Morgan fingerprint density at radius 2 is 1.92 bits per heavy atom. The van der Waals surface area contributed by atoms with E-state index in [1.165, 1.54) is 10.2 Å². The molecule has 1 aromatic carbocycles. The average molecular weight is 340 g/mol. The van der Waals surface area contributed by atoms with Gasteiger partial charge in [0.25, 0.3) is 0 Å². The van der Waals surface area contributed by atoms with Gasteiger partial charge < -0.3 is 10.2 Å². The highest BCUT2D eigenvalue weighted by Crippen LogP contribution is 2.32. The van der Waals surface area contributed by atoms with Gasteiger partial charge in [-0.1, -0.05) is 38.1 Å². The van der Waals surface area contributed by atoms with Crippen molar-refractivity contribution in [3.63, 3.8) is 0 Å². The zero-order valence-electron chi connectivity index (χ0n) is 14.9. The maximum Gasteiger partial charge on any atom is 0.315 e. The summed E-state index contributed by atoms with van der Waals surface area (Å²) in [4.78, 5) is 26.6. The molecule has 0 radical (unpaired) electrons. The molecule has 1 aromatic heterocycles. The van der Waals surface area contributed by atoms with Gasteiger partial charge in [0, 0.05) is 19.7 Å². The van der Waals surface area contributed by atoms with E-state index in [9.17, 15) is 9.59 Å². The molecule has 1 fully saturated rings. The van der Waals surface area contributed by atoms with Crippen LogP contribution >= 0.6 is 0 Å². The van der Waals surface area contributed by atoms with E-state index in [1.807, 2.05) is 0 Å². The first-order valence-corrected chi connectivity index (χ1v) is 8.67. The van der Waals surface area contributed by atoms with Crippen LogP contribution in [0.2, 0.25) is 0 Å². The fraction of sp³-hybridized carbons (Fsp3) is 0.421. The molecule has 6 nitrogen and oxygen atoms in total. The summed E-state index contributed by atoms with van der Waals surface area (Å²) in [6.07, 6.45) is 3.36. The van der Waals surface area contributed by atoms with Gasteiger partial charge in [0.1, 0.15) is 5.82 Å². The highest BCUT2D eigenvalue weighted by atomic mass is 16.2.